The van der Waals surface area contributed by atoms with Gasteiger partial charge in [0.2, 0.25) is 5.91 Å². The second kappa shape index (κ2) is 8.39. The molecule has 0 bridgehead atoms. The fraction of sp³-hybridized carbons (Fsp3) is 0.217. The molecule has 31 heavy (non-hydrogen) atoms. The highest BCUT2D eigenvalue weighted by Crippen LogP contribution is 2.23. The Kier molecular flexibility index (Phi) is 5.65. The smallest absolute Gasteiger partial charge is 0.262 e. The Labute approximate surface area is 183 Å². The number of carbonyl (C=O) groups excluding carboxylic acids is 1. The topological polar surface area (TPSA) is 92.7 Å². The molecule has 0 fully saturated rings. The first kappa shape index (κ1) is 20.9. The molecule has 8 heteroatoms. The molecule has 2 heterocycles. The molecule has 0 aliphatic heterocycles. The van der Waals surface area contributed by atoms with Gasteiger partial charge in [0.15, 0.2) is 10.8 Å². The third-order valence-corrected chi connectivity index (χ3v) is 5.82. The van der Waals surface area contributed by atoms with Gasteiger partial charge in [-0.3, -0.25) is 9.59 Å². The van der Waals surface area contributed by atoms with Gasteiger partial charge in [0.1, 0.15) is 5.39 Å². The van der Waals surface area contributed by atoms with E-state index in [0.29, 0.717) is 16.2 Å². The molecule has 4 rings (SSSR count). The van der Waals surface area contributed by atoms with Crippen LogP contribution < -0.4 is 10.9 Å². The van der Waals surface area contributed by atoms with Crippen LogP contribution in [0.2, 0.25) is 0 Å². The van der Waals surface area contributed by atoms with Crippen molar-refractivity contribution >= 4 is 34.4 Å². The predicted octanol–water partition coefficient (Wildman–Crippen LogP) is 4.07. The van der Waals surface area contributed by atoms with E-state index in [-0.39, 0.29) is 17.2 Å². The summed E-state index contributed by atoms with van der Waals surface area (Å²) in [7, 11) is 0. The normalized spacial score (nSPS) is 11.1. The predicted molar refractivity (Wildman–Crippen MR) is 124 cm³/mol. The van der Waals surface area contributed by atoms with Crippen LogP contribution in [0.25, 0.3) is 16.7 Å². The van der Waals surface area contributed by atoms with E-state index in [4.69, 9.17) is 0 Å². The van der Waals surface area contributed by atoms with Gasteiger partial charge < -0.3 is 10.3 Å². The average Bonchev–Trinajstić information content (AvgIpc) is 3.14. The third kappa shape index (κ3) is 4.39. The van der Waals surface area contributed by atoms with Crippen molar-refractivity contribution in [1.82, 2.24) is 19.7 Å². The van der Waals surface area contributed by atoms with Crippen LogP contribution >= 0.6 is 11.8 Å². The number of H-pyrrole nitrogens is 1. The van der Waals surface area contributed by atoms with Crippen LogP contribution in [0.3, 0.4) is 0 Å². The molecule has 0 atom stereocenters. The molecule has 7 nitrogen and oxygen atoms in total. The molecule has 0 saturated carbocycles. The molecule has 0 aliphatic rings. The minimum atomic E-state index is -0.281. The van der Waals surface area contributed by atoms with Crippen molar-refractivity contribution in [3.05, 3.63) is 75.2 Å². The van der Waals surface area contributed by atoms with Gasteiger partial charge in [-0.25, -0.2) is 9.67 Å². The first-order valence-electron chi connectivity index (χ1n) is 9.87. The van der Waals surface area contributed by atoms with Gasteiger partial charge >= 0.3 is 0 Å². The third-order valence-electron chi connectivity index (χ3n) is 4.94. The number of nitrogens with zero attached hydrogens (tertiary/aromatic N) is 3. The van der Waals surface area contributed by atoms with Crippen molar-refractivity contribution < 1.29 is 4.79 Å². The van der Waals surface area contributed by atoms with Crippen molar-refractivity contribution in [3.8, 4) is 5.69 Å². The summed E-state index contributed by atoms with van der Waals surface area (Å²) < 4.78 is 1.64. The lowest BCUT2D eigenvalue weighted by atomic mass is 10.1. The van der Waals surface area contributed by atoms with Crippen molar-refractivity contribution in [2.45, 2.75) is 32.9 Å². The Bertz CT molecular complexity index is 1330. The number of rotatable bonds is 5. The molecule has 2 N–H and O–H groups in total. The number of anilines is 1. The van der Waals surface area contributed by atoms with Gasteiger partial charge in [-0.05, 0) is 56.5 Å². The molecule has 1 amide bonds. The molecule has 158 valence electrons. The zero-order chi connectivity index (χ0) is 22.1. The van der Waals surface area contributed by atoms with Crippen molar-refractivity contribution in [2.75, 3.05) is 11.1 Å². The van der Waals surface area contributed by atoms with Gasteiger partial charge in [-0.2, -0.15) is 5.10 Å². The first-order chi connectivity index (χ1) is 14.8. The Balaban J connectivity index is 1.56. The number of amides is 1. The molecule has 4 aromatic rings. The summed E-state index contributed by atoms with van der Waals surface area (Å²) in [5.41, 5.74) is 6.11. The Morgan fingerprint density at radius 2 is 1.84 bits per heavy atom. The highest BCUT2D eigenvalue weighted by Gasteiger charge is 2.14. The van der Waals surface area contributed by atoms with E-state index in [1.807, 2.05) is 64.1 Å². The zero-order valence-corrected chi connectivity index (χ0v) is 18.6. The number of thioether (sulfide) groups is 1. The minimum absolute atomic E-state index is 0.125. The summed E-state index contributed by atoms with van der Waals surface area (Å²) in [5, 5.41) is 8.08. The number of carbonyl (C=O) groups is 1. The molecule has 0 radical (unpaired) electrons. The number of aromatic nitrogens is 4. The fourth-order valence-corrected chi connectivity index (χ4v) is 4.26. The number of hydrogen-bond donors (Lipinski definition) is 2. The van der Waals surface area contributed by atoms with Gasteiger partial charge in [0, 0.05) is 5.69 Å². The van der Waals surface area contributed by atoms with Crippen molar-refractivity contribution in [1.29, 1.82) is 0 Å². The molecule has 0 saturated heterocycles. The average molecular weight is 434 g/mol. The number of aromatic amines is 1. The number of nitrogens with one attached hydrogen (secondary N) is 2. The summed E-state index contributed by atoms with van der Waals surface area (Å²) >= 11 is 1.18. The minimum Gasteiger partial charge on any atom is -0.325 e. The van der Waals surface area contributed by atoms with E-state index in [2.05, 4.69) is 20.4 Å². The summed E-state index contributed by atoms with van der Waals surface area (Å²) in [6.45, 7) is 7.97. The molecule has 0 unspecified atom stereocenters. The van der Waals surface area contributed by atoms with E-state index in [1.165, 1.54) is 18.0 Å². The summed E-state index contributed by atoms with van der Waals surface area (Å²) in [4.78, 5) is 32.3. The maximum absolute atomic E-state index is 12.5. The zero-order valence-electron chi connectivity index (χ0n) is 17.8. The van der Waals surface area contributed by atoms with Crippen LogP contribution in [0.4, 0.5) is 5.69 Å². The van der Waals surface area contributed by atoms with Crippen molar-refractivity contribution in [3.63, 3.8) is 0 Å². The van der Waals surface area contributed by atoms with Gasteiger partial charge in [-0.15, -0.1) is 0 Å². The van der Waals surface area contributed by atoms with Crippen molar-refractivity contribution in [2.24, 2.45) is 0 Å². The summed E-state index contributed by atoms with van der Waals surface area (Å²) in [6.07, 6.45) is 1.51. The lowest BCUT2D eigenvalue weighted by molar-refractivity contribution is -0.113. The van der Waals surface area contributed by atoms with Gasteiger partial charge in [0.25, 0.3) is 5.56 Å². The van der Waals surface area contributed by atoms with Gasteiger partial charge in [-0.1, -0.05) is 41.6 Å². The quantitative estimate of drug-likeness (QED) is 0.366. The highest BCUT2D eigenvalue weighted by atomic mass is 32.2. The summed E-state index contributed by atoms with van der Waals surface area (Å²) in [6, 6.07) is 11.9. The lowest BCUT2D eigenvalue weighted by Gasteiger charge is -2.12. The van der Waals surface area contributed by atoms with Crippen LogP contribution in [-0.4, -0.2) is 31.4 Å². The highest BCUT2D eigenvalue weighted by molar-refractivity contribution is 7.99. The van der Waals surface area contributed by atoms with Crippen LogP contribution in [0, 0.1) is 27.7 Å². The second-order valence-electron chi connectivity index (χ2n) is 7.61. The Morgan fingerprint density at radius 1 is 1.10 bits per heavy atom. The number of hydrogen-bond acceptors (Lipinski definition) is 5. The standard InChI is InChI=1S/C23H23N5O2S/c1-13-6-5-7-17(10-13)28-21-18(11-24-28)22(30)27-23(26-21)31-12-19(29)25-20-15(3)8-14(2)9-16(20)4/h5-11H,12H2,1-4H3,(H,25,29)(H,26,27,30). The van der Waals surface area contributed by atoms with Crippen LogP contribution in [-0.2, 0) is 4.79 Å². The largest absolute Gasteiger partial charge is 0.325 e. The maximum atomic E-state index is 12.5. The first-order valence-corrected chi connectivity index (χ1v) is 10.9. The van der Waals surface area contributed by atoms with Crippen LogP contribution in [0.5, 0.6) is 0 Å². The SMILES string of the molecule is Cc1cccc(-n2ncc3c(=O)[nH]c(SCC(=O)Nc4c(C)cc(C)cc4C)nc32)c1. The Morgan fingerprint density at radius 3 is 2.55 bits per heavy atom. The summed E-state index contributed by atoms with van der Waals surface area (Å²) in [5.74, 6) is -0.0326. The molecule has 0 aliphatic carbocycles. The van der Waals surface area contributed by atoms with Gasteiger partial charge in [0.05, 0.1) is 17.6 Å². The lowest BCUT2D eigenvalue weighted by Crippen LogP contribution is -2.17. The monoisotopic (exact) mass is 433 g/mol. The van der Waals surface area contributed by atoms with Crippen LogP contribution in [0.15, 0.2) is 52.5 Å². The van der Waals surface area contributed by atoms with E-state index in [9.17, 15) is 9.59 Å². The fourth-order valence-electron chi connectivity index (χ4n) is 3.60. The van der Waals surface area contributed by atoms with Crippen LogP contribution in [0.1, 0.15) is 22.3 Å². The molecular formula is C23H23N5O2S. The van der Waals surface area contributed by atoms with E-state index >= 15 is 0 Å². The molecule has 2 aromatic heterocycles. The number of benzene rings is 2. The van der Waals surface area contributed by atoms with E-state index < -0.39 is 0 Å². The number of fused-ring (bicyclic) bond motifs is 1. The Hall–Kier alpha value is -3.39. The second-order valence-corrected chi connectivity index (χ2v) is 8.58. The number of aryl methyl sites for hydroxylation is 4. The molecule has 0 spiro atoms. The molecular weight excluding hydrogens is 410 g/mol. The van der Waals surface area contributed by atoms with E-state index in [1.54, 1.807) is 4.68 Å². The van der Waals surface area contributed by atoms with E-state index in [0.717, 1.165) is 33.6 Å². The maximum Gasteiger partial charge on any atom is 0.262 e. The molecule has 2 aromatic carbocycles.